The minimum atomic E-state index is 0.840. The average Bonchev–Trinajstić information content (AvgIpc) is 2.88. The van der Waals surface area contributed by atoms with Gasteiger partial charge in [-0.1, -0.05) is 6.92 Å². The van der Waals surface area contributed by atoms with Gasteiger partial charge in [0.05, 0.1) is 0 Å². The highest BCUT2D eigenvalue weighted by Crippen LogP contribution is 2.29. The maximum atomic E-state index is 4.51. The van der Waals surface area contributed by atoms with Crippen molar-refractivity contribution in [2.24, 2.45) is 11.8 Å². The van der Waals surface area contributed by atoms with E-state index in [4.69, 9.17) is 0 Å². The van der Waals surface area contributed by atoms with Crippen LogP contribution in [0.25, 0.3) is 0 Å². The molecule has 1 aromatic heterocycles. The van der Waals surface area contributed by atoms with Crippen molar-refractivity contribution in [3.8, 4) is 0 Å². The molecule has 1 N–H and O–H groups in total. The predicted octanol–water partition coefficient (Wildman–Crippen LogP) is 0.949. The van der Waals surface area contributed by atoms with Crippen LogP contribution >= 0.6 is 0 Å². The van der Waals surface area contributed by atoms with Crippen molar-refractivity contribution in [3.05, 3.63) is 12.4 Å². The van der Waals surface area contributed by atoms with Crippen LogP contribution in [0, 0.1) is 11.8 Å². The molecule has 0 bridgehead atoms. The fourth-order valence-electron chi connectivity index (χ4n) is 3.02. The van der Waals surface area contributed by atoms with E-state index in [0.29, 0.717) is 0 Å². The van der Waals surface area contributed by atoms with Crippen molar-refractivity contribution < 1.29 is 0 Å². The van der Waals surface area contributed by atoms with E-state index in [2.05, 4.69) is 32.9 Å². The number of aromatic nitrogens is 2. The number of rotatable bonds is 3. The Morgan fingerprint density at radius 2 is 2.12 bits per heavy atom. The van der Waals surface area contributed by atoms with Gasteiger partial charge >= 0.3 is 0 Å². The molecular weight excluding hydrogens is 200 g/mol. The molecule has 3 heterocycles. The van der Waals surface area contributed by atoms with Gasteiger partial charge in [0.15, 0.2) is 0 Å². The Hall–Kier alpha value is -1.03. The van der Waals surface area contributed by atoms with Gasteiger partial charge in [0, 0.05) is 45.1 Å². The van der Waals surface area contributed by atoms with Crippen LogP contribution < -0.4 is 10.2 Å². The van der Waals surface area contributed by atoms with E-state index < -0.39 is 0 Å². The third-order valence-electron chi connectivity index (χ3n) is 3.83. The molecule has 0 aliphatic carbocycles. The maximum Gasteiger partial charge on any atom is 0.205 e. The van der Waals surface area contributed by atoms with E-state index in [9.17, 15) is 0 Å². The Labute approximate surface area is 96.7 Å². The van der Waals surface area contributed by atoms with E-state index in [-0.39, 0.29) is 0 Å². The third-order valence-corrected chi connectivity index (χ3v) is 3.83. The van der Waals surface area contributed by atoms with Gasteiger partial charge in [-0.15, -0.1) is 0 Å². The van der Waals surface area contributed by atoms with E-state index in [1.807, 2.05) is 6.20 Å². The van der Waals surface area contributed by atoms with Gasteiger partial charge in [-0.25, -0.2) is 4.98 Å². The minimum absolute atomic E-state index is 0.840. The smallest absolute Gasteiger partial charge is 0.205 e. The first kappa shape index (κ1) is 10.1. The molecule has 16 heavy (non-hydrogen) atoms. The molecule has 88 valence electrons. The van der Waals surface area contributed by atoms with Crippen LogP contribution in [0.2, 0.25) is 0 Å². The molecule has 2 aliphatic heterocycles. The Morgan fingerprint density at radius 3 is 2.81 bits per heavy atom. The molecule has 2 aliphatic rings. The summed E-state index contributed by atoms with van der Waals surface area (Å²) in [5, 5.41) is 3.48. The Morgan fingerprint density at radius 1 is 1.38 bits per heavy atom. The number of nitrogens with one attached hydrogen (secondary N) is 1. The summed E-state index contributed by atoms with van der Waals surface area (Å²) in [5.74, 6) is 2.86. The number of imidazole rings is 1. The van der Waals surface area contributed by atoms with Crippen LogP contribution in [0.4, 0.5) is 5.95 Å². The SMILES string of the molecule is CCCn1ccnc1N1CC2CNCC2C1. The molecule has 2 unspecified atom stereocenters. The van der Waals surface area contributed by atoms with Gasteiger partial charge in [0.1, 0.15) is 0 Å². The first-order valence-corrected chi connectivity index (χ1v) is 6.35. The van der Waals surface area contributed by atoms with E-state index in [0.717, 1.165) is 18.4 Å². The zero-order valence-electron chi connectivity index (χ0n) is 9.89. The van der Waals surface area contributed by atoms with Crippen molar-refractivity contribution in [2.75, 3.05) is 31.1 Å². The molecule has 2 atom stereocenters. The van der Waals surface area contributed by atoms with E-state index >= 15 is 0 Å². The van der Waals surface area contributed by atoms with Gasteiger partial charge in [0.25, 0.3) is 0 Å². The Kier molecular flexibility index (Phi) is 2.59. The summed E-state index contributed by atoms with van der Waals surface area (Å²) in [6, 6.07) is 0. The zero-order chi connectivity index (χ0) is 11.0. The molecule has 2 saturated heterocycles. The van der Waals surface area contributed by atoms with Crippen molar-refractivity contribution in [2.45, 2.75) is 19.9 Å². The predicted molar refractivity (Wildman–Crippen MR) is 64.6 cm³/mol. The van der Waals surface area contributed by atoms with Crippen molar-refractivity contribution in [1.29, 1.82) is 0 Å². The number of hydrogen-bond acceptors (Lipinski definition) is 3. The van der Waals surface area contributed by atoms with Crippen LogP contribution in [-0.4, -0.2) is 35.7 Å². The standard InChI is InChI=1S/C12H20N4/c1-2-4-15-5-3-14-12(15)16-8-10-6-13-7-11(10)9-16/h3,5,10-11,13H,2,4,6-9H2,1H3. The quantitative estimate of drug-likeness (QED) is 0.823. The summed E-state index contributed by atoms with van der Waals surface area (Å²) < 4.78 is 2.29. The Balaban J connectivity index is 1.75. The average molecular weight is 220 g/mol. The molecule has 3 rings (SSSR count). The maximum absolute atomic E-state index is 4.51. The first-order valence-electron chi connectivity index (χ1n) is 6.35. The summed E-state index contributed by atoms with van der Waals surface area (Å²) in [5.41, 5.74) is 0. The second kappa shape index (κ2) is 4.09. The van der Waals surface area contributed by atoms with Crippen molar-refractivity contribution >= 4 is 5.95 Å². The van der Waals surface area contributed by atoms with E-state index in [1.165, 1.54) is 38.5 Å². The fourth-order valence-corrected chi connectivity index (χ4v) is 3.02. The lowest BCUT2D eigenvalue weighted by molar-refractivity contribution is 0.533. The van der Waals surface area contributed by atoms with Crippen LogP contribution in [0.15, 0.2) is 12.4 Å². The second-order valence-electron chi connectivity index (χ2n) is 5.00. The number of nitrogens with zero attached hydrogens (tertiary/aromatic N) is 3. The molecule has 4 heteroatoms. The molecule has 0 amide bonds. The highest BCUT2D eigenvalue weighted by Gasteiger charge is 2.37. The van der Waals surface area contributed by atoms with E-state index in [1.54, 1.807) is 0 Å². The van der Waals surface area contributed by atoms with Gasteiger partial charge < -0.3 is 14.8 Å². The largest absolute Gasteiger partial charge is 0.342 e. The number of anilines is 1. The zero-order valence-corrected chi connectivity index (χ0v) is 9.89. The number of hydrogen-bond donors (Lipinski definition) is 1. The normalized spacial score (nSPS) is 28.7. The number of aryl methyl sites for hydroxylation is 1. The molecular formula is C12H20N4. The van der Waals surface area contributed by atoms with Crippen molar-refractivity contribution in [3.63, 3.8) is 0 Å². The molecule has 0 spiro atoms. The van der Waals surface area contributed by atoms with Gasteiger partial charge in [-0.05, 0) is 18.3 Å². The molecule has 0 aromatic carbocycles. The fraction of sp³-hybridized carbons (Fsp3) is 0.750. The molecule has 1 aromatic rings. The van der Waals surface area contributed by atoms with Crippen LogP contribution in [0.3, 0.4) is 0 Å². The molecule has 0 radical (unpaired) electrons. The lowest BCUT2D eigenvalue weighted by atomic mass is 10.0. The highest BCUT2D eigenvalue weighted by molar-refractivity contribution is 5.34. The summed E-state index contributed by atoms with van der Waals surface area (Å²) in [7, 11) is 0. The molecule has 2 fully saturated rings. The van der Waals surface area contributed by atoms with Crippen LogP contribution in [0.1, 0.15) is 13.3 Å². The lowest BCUT2D eigenvalue weighted by Gasteiger charge is -2.19. The molecule has 0 saturated carbocycles. The monoisotopic (exact) mass is 220 g/mol. The minimum Gasteiger partial charge on any atom is -0.342 e. The summed E-state index contributed by atoms with van der Waals surface area (Å²) in [6.45, 7) is 8.04. The molecule has 4 nitrogen and oxygen atoms in total. The summed E-state index contributed by atoms with van der Waals surface area (Å²) >= 11 is 0. The number of fused-ring (bicyclic) bond motifs is 1. The van der Waals surface area contributed by atoms with Gasteiger partial charge in [0.2, 0.25) is 5.95 Å². The van der Waals surface area contributed by atoms with Crippen LogP contribution in [0.5, 0.6) is 0 Å². The van der Waals surface area contributed by atoms with Gasteiger partial charge in [-0.2, -0.15) is 0 Å². The second-order valence-corrected chi connectivity index (χ2v) is 5.00. The lowest BCUT2D eigenvalue weighted by Crippen LogP contribution is -2.27. The van der Waals surface area contributed by atoms with Gasteiger partial charge in [-0.3, -0.25) is 0 Å². The first-order chi connectivity index (χ1) is 7.88. The Bertz CT molecular complexity index is 348. The highest BCUT2D eigenvalue weighted by atomic mass is 15.3. The van der Waals surface area contributed by atoms with Crippen LogP contribution in [-0.2, 0) is 6.54 Å². The topological polar surface area (TPSA) is 33.1 Å². The summed E-state index contributed by atoms with van der Waals surface area (Å²) in [4.78, 5) is 6.98. The third kappa shape index (κ3) is 1.61. The summed E-state index contributed by atoms with van der Waals surface area (Å²) in [6.07, 6.45) is 5.20. The van der Waals surface area contributed by atoms with Crippen molar-refractivity contribution in [1.82, 2.24) is 14.9 Å².